The van der Waals surface area contributed by atoms with E-state index in [-0.39, 0.29) is 24.2 Å². The molecule has 0 saturated carbocycles. The number of likely N-dealkylation sites (N-methyl/N-ethyl adjacent to an activating group) is 1. The highest BCUT2D eigenvalue weighted by atomic mass is 19.1. The molecule has 11 nitrogen and oxygen atoms in total. The van der Waals surface area contributed by atoms with Crippen LogP contribution in [0.25, 0.3) is 11.3 Å². The van der Waals surface area contributed by atoms with E-state index in [1.165, 1.54) is 23.4 Å². The van der Waals surface area contributed by atoms with Crippen LogP contribution in [0.15, 0.2) is 64.0 Å². The number of pyridine rings is 1. The van der Waals surface area contributed by atoms with Gasteiger partial charge in [-0.05, 0) is 31.2 Å². The van der Waals surface area contributed by atoms with Gasteiger partial charge in [0.05, 0.1) is 24.3 Å². The van der Waals surface area contributed by atoms with Crippen LogP contribution >= 0.6 is 0 Å². The predicted octanol–water partition coefficient (Wildman–Crippen LogP) is 3.21. The van der Waals surface area contributed by atoms with Crippen molar-refractivity contribution in [3.8, 4) is 11.3 Å². The molecule has 0 radical (unpaired) electrons. The molecule has 0 unspecified atom stereocenters. The van der Waals surface area contributed by atoms with E-state index in [4.69, 9.17) is 9.05 Å². The number of hydrogen-bond donors (Lipinski definition) is 1. The first kappa shape index (κ1) is 25.9. The van der Waals surface area contributed by atoms with Crippen molar-refractivity contribution in [1.82, 2.24) is 25.1 Å². The summed E-state index contributed by atoms with van der Waals surface area (Å²) in [4.78, 5) is 34.6. The molecule has 5 rings (SSSR count). The Bertz CT molecular complexity index is 1430. The molecule has 1 aliphatic heterocycles. The van der Waals surface area contributed by atoms with Gasteiger partial charge in [0.25, 0.3) is 5.91 Å². The number of carbonyl (C=O) groups is 2. The predicted molar refractivity (Wildman–Crippen MR) is 140 cm³/mol. The summed E-state index contributed by atoms with van der Waals surface area (Å²) in [6.07, 6.45) is 2.97. The van der Waals surface area contributed by atoms with Crippen LogP contribution in [0, 0.1) is 12.7 Å². The van der Waals surface area contributed by atoms with Crippen molar-refractivity contribution in [3.63, 3.8) is 0 Å². The van der Waals surface area contributed by atoms with Crippen LogP contribution < -0.4 is 10.2 Å². The standard InChI is InChI=1S/C27H28FN7O4/c1-18-3-4-20(15-29-18)27(37)33(2)17-26(36)35-10-8-34(9-11-35)24-6-5-19(13-22(24)28)23-14-21(39-31-23)16-30-25-7-12-38-32-25/h3-7,12-15H,8-11,16-17H2,1-2H3,(H,30,32). The number of anilines is 2. The van der Waals surface area contributed by atoms with Gasteiger partial charge in [-0.2, -0.15) is 0 Å². The van der Waals surface area contributed by atoms with Crippen LogP contribution in [0.2, 0.25) is 0 Å². The van der Waals surface area contributed by atoms with E-state index >= 15 is 4.39 Å². The molecule has 1 aliphatic rings. The van der Waals surface area contributed by atoms with Gasteiger partial charge in [-0.3, -0.25) is 14.6 Å². The van der Waals surface area contributed by atoms with Crippen LogP contribution in [0.1, 0.15) is 21.8 Å². The average molecular weight is 534 g/mol. The van der Waals surface area contributed by atoms with Gasteiger partial charge in [0.1, 0.15) is 17.8 Å². The zero-order chi connectivity index (χ0) is 27.4. The second-order valence-corrected chi connectivity index (χ2v) is 9.30. The number of hydrogen-bond acceptors (Lipinski definition) is 9. The number of aryl methyl sites for hydroxylation is 1. The smallest absolute Gasteiger partial charge is 0.255 e. The fraction of sp³-hybridized carbons (Fsp3) is 0.296. The summed E-state index contributed by atoms with van der Waals surface area (Å²) in [5, 5.41) is 10.8. The summed E-state index contributed by atoms with van der Waals surface area (Å²) in [6.45, 7) is 3.97. The number of nitrogens with one attached hydrogen (secondary N) is 1. The molecule has 4 aromatic rings. The number of rotatable bonds is 8. The van der Waals surface area contributed by atoms with Crippen molar-refractivity contribution in [2.24, 2.45) is 0 Å². The molecule has 12 heteroatoms. The van der Waals surface area contributed by atoms with Gasteiger partial charge in [0, 0.05) is 62.8 Å². The quantitative estimate of drug-likeness (QED) is 0.364. The molecule has 0 aliphatic carbocycles. The van der Waals surface area contributed by atoms with Gasteiger partial charge in [-0.1, -0.05) is 16.4 Å². The first-order valence-corrected chi connectivity index (χ1v) is 12.5. The van der Waals surface area contributed by atoms with E-state index in [1.54, 1.807) is 48.3 Å². The Morgan fingerprint density at radius 2 is 1.90 bits per heavy atom. The molecule has 1 saturated heterocycles. The molecule has 3 aromatic heterocycles. The van der Waals surface area contributed by atoms with Crippen molar-refractivity contribution in [1.29, 1.82) is 0 Å². The molecular formula is C27H28FN7O4. The van der Waals surface area contributed by atoms with Crippen LogP contribution in [0.3, 0.4) is 0 Å². The first-order valence-electron chi connectivity index (χ1n) is 12.5. The molecule has 4 heterocycles. The maximum Gasteiger partial charge on any atom is 0.255 e. The largest absolute Gasteiger partial charge is 0.366 e. The van der Waals surface area contributed by atoms with E-state index < -0.39 is 0 Å². The molecule has 2 amide bonds. The maximum atomic E-state index is 15.1. The lowest BCUT2D eigenvalue weighted by molar-refractivity contribution is -0.131. The van der Waals surface area contributed by atoms with Crippen LogP contribution in [0.4, 0.5) is 15.9 Å². The maximum absolute atomic E-state index is 15.1. The van der Waals surface area contributed by atoms with Gasteiger partial charge < -0.3 is 29.1 Å². The number of benzene rings is 1. The molecule has 39 heavy (non-hydrogen) atoms. The molecule has 1 N–H and O–H groups in total. The van der Waals surface area contributed by atoms with Crippen LogP contribution in [-0.2, 0) is 11.3 Å². The minimum atomic E-state index is -0.380. The zero-order valence-electron chi connectivity index (χ0n) is 21.6. The summed E-state index contributed by atoms with van der Waals surface area (Å²) in [6, 6.07) is 11.8. The Balaban J connectivity index is 1.14. The number of carbonyl (C=O) groups excluding carboxylic acids is 2. The molecule has 1 fully saturated rings. The second kappa shape index (κ2) is 11.3. The fourth-order valence-electron chi connectivity index (χ4n) is 4.32. The van der Waals surface area contributed by atoms with Crippen LogP contribution in [0.5, 0.6) is 0 Å². The number of amides is 2. The van der Waals surface area contributed by atoms with E-state index in [0.717, 1.165) is 5.69 Å². The Labute approximate surface area is 224 Å². The lowest BCUT2D eigenvalue weighted by atomic mass is 10.1. The third-order valence-corrected chi connectivity index (χ3v) is 6.53. The van der Waals surface area contributed by atoms with Crippen LogP contribution in [-0.4, -0.2) is 76.7 Å². The van der Waals surface area contributed by atoms with Gasteiger partial charge in [-0.15, -0.1) is 0 Å². The lowest BCUT2D eigenvalue weighted by Crippen LogP contribution is -2.51. The third kappa shape index (κ3) is 6.06. The van der Waals surface area contributed by atoms with Crippen molar-refractivity contribution in [2.45, 2.75) is 13.5 Å². The summed E-state index contributed by atoms with van der Waals surface area (Å²) in [7, 11) is 1.60. The highest BCUT2D eigenvalue weighted by Crippen LogP contribution is 2.27. The SMILES string of the molecule is Cc1ccc(C(=O)N(C)CC(=O)N2CCN(c3ccc(-c4cc(CNc5ccon5)on4)cc3F)CC2)cn1. The lowest BCUT2D eigenvalue weighted by Gasteiger charge is -2.36. The fourth-order valence-corrected chi connectivity index (χ4v) is 4.32. The van der Waals surface area contributed by atoms with Crippen molar-refractivity contribution >= 4 is 23.3 Å². The first-order chi connectivity index (χ1) is 18.9. The van der Waals surface area contributed by atoms with E-state index in [1.807, 2.05) is 11.8 Å². The monoisotopic (exact) mass is 533 g/mol. The highest BCUT2D eigenvalue weighted by molar-refractivity contribution is 5.96. The summed E-state index contributed by atoms with van der Waals surface area (Å²) >= 11 is 0. The minimum Gasteiger partial charge on any atom is -0.366 e. The third-order valence-electron chi connectivity index (χ3n) is 6.53. The number of halogens is 1. The summed E-state index contributed by atoms with van der Waals surface area (Å²) in [5.74, 6) is 0.351. The topological polar surface area (TPSA) is 121 Å². The molecule has 0 bridgehead atoms. The Hall–Kier alpha value is -4.74. The number of piperazine rings is 1. The van der Waals surface area contributed by atoms with Crippen molar-refractivity contribution in [3.05, 3.63) is 77.8 Å². The Morgan fingerprint density at radius 3 is 2.59 bits per heavy atom. The molecule has 202 valence electrons. The van der Waals surface area contributed by atoms with Crippen molar-refractivity contribution < 1.29 is 23.0 Å². The normalized spacial score (nSPS) is 13.4. The molecule has 0 spiro atoms. The van der Waals surface area contributed by atoms with Gasteiger partial charge in [0.2, 0.25) is 5.91 Å². The Kier molecular flexibility index (Phi) is 7.53. The second-order valence-electron chi connectivity index (χ2n) is 9.30. The van der Waals surface area contributed by atoms with Gasteiger partial charge in [0.15, 0.2) is 11.6 Å². The van der Waals surface area contributed by atoms with Crippen molar-refractivity contribution in [2.75, 3.05) is 50.0 Å². The molecular weight excluding hydrogens is 505 g/mol. The minimum absolute atomic E-state index is 0.0381. The summed E-state index contributed by atoms with van der Waals surface area (Å²) < 4.78 is 25.2. The average Bonchev–Trinajstić information content (AvgIpc) is 3.64. The highest BCUT2D eigenvalue weighted by Gasteiger charge is 2.25. The zero-order valence-corrected chi connectivity index (χ0v) is 21.6. The number of nitrogens with zero attached hydrogens (tertiary/aromatic N) is 6. The van der Waals surface area contributed by atoms with Gasteiger partial charge in [-0.25, -0.2) is 4.39 Å². The van der Waals surface area contributed by atoms with E-state index in [9.17, 15) is 9.59 Å². The number of aromatic nitrogens is 3. The van der Waals surface area contributed by atoms with E-state index in [2.05, 4.69) is 20.6 Å². The Morgan fingerprint density at radius 1 is 1.08 bits per heavy atom. The molecule has 1 aromatic carbocycles. The van der Waals surface area contributed by atoms with E-state index in [0.29, 0.717) is 66.8 Å². The summed E-state index contributed by atoms with van der Waals surface area (Å²) in [5.41, 5.74) is 2.83. The van der Waals surface area contributed by atoms with Gasteiger partial charge >= 0.3 is 0 Å². The molecule has 0 atom stereocenters.